The summed E-state index contributed by atoms with van der Waals surface area (Å²) in [6.45, 7) is 3.63. The van der Waals surface area contributed by atoms with Crippen LogP contribution in [0.4, 0.5) is 4.39 Å². The molecule has 1 aliphatic rings. The van der Waals surface area contributed by atoms with Crippen LogP contribution in [0.5, 0.6) is 0 Å². The minimum absolute atomic E-state index is 0. The molecule has 2 nitrogen and oxygen atoms in total. The first-order chi connectivity index (χ1) is 10.2. The van der Waals surface area contributed by atoms with Crippen LogP contribution in [0.2, 0.25) is 9.36 Å². The molecule has 0 radical (unpaired) electrons. The van der Waals surface area contributed by atoms with Gasteiger partial charge in [-0.25, -0.2) is 4.39 Å². The lowest BCUT2D eigenvalue weighted by Crippen LogP contribution is -2.45. The molecule has 7 heteroatoms. The van der Waals surface area contributed by atoms with E-state index in [1.165, 1.54) is 17.4 Å². The first-order valence-corrected chi connectivity index (χ1v) is 8.38. The fourth-order valence-corrected chi connectivity index (χ4v) is 4.12. The van der Waals surface area contributed by atoms with Crippen LogP contribution in [0.1, 0.15) is 16.5 Å². The van der Waals surface area contributed by atoms with Crippen molar-refractivity contribution in [1.29, 1.82) is 0 Å². The second kappa shape index (κ2) is 7.95. The Kier molecular flexibility index (Phi) is 6.50. The minimum Gasteiger partial charge on any atom is -0.314 e. The second-order valence-electron chi connectivity index (χ2n) is 4.97. The standard InChI is InChI=1S/C15H15Cl2FN2S.ClH/c16-13-5-4-12(21-13)15(20-8-6-19-7-9-20)10-2-1-3-11(18)14(10)17;/h1-5,15,19H,6-9H2;1H/t15-;/m0./s1. The molecule has 120 valence electrons. The van der Waals surface area contributed by atoms with Crippen molar-refractivity contribution < 1.29 is 4.39 Å². The minimum atomic E-state index is -0.378. The third-order valence-corrected chi connectivity index (χ3v) is 5.34. The zero-order valence-electron chi connectivity index (χ0n) is 11.7. The molecule has 1 aliphatic heterocycles. The molecule has 1 aromatic carbocycles. The number of halogens is 4. The quantitative estimate of drug-likeness (QED) is 0.835. The molecule has 2 heterocycles. The summed E-state index contributed by atoms with van der Waals surface area (Å²) in [5, 5.41) is 3.53. The first-order valence-electron chi connectivity index (χ1n) is 6.81. The summed E-state index contributed by atoms with van der Waals surface area (Å²) in [5.74, 6) is -0.378. The Bertz CT molecular complexity index is 629. The van der Waals surface area contributed by atoms with Gasteiger partial charge in [-0.15, -0.1) is 23.7 Å². The van der Waals surface area contributed by atoms with Crippen molar-refractivity contribution >= 4 is 46.9 Å². The Morgan fingerprint density at radius 2 is 1.86 bits per heavy atom. The highest BCUT2D eigenvalue weighted by Gasteiger charge is 2.27. The lowest BCUT2D eigenvalue weighted by Gasteiger charge is -2.35. The molecular weight excluding hydrogens is 366 g/mol. The number of benzene rings is 1. The van der Waals surface area contributed by atoms with Crippen LogP contribution in [0.15, 0.2) is 30.3 Å². The van der Waals surface area contributed by atoms with E-state index in [2.05, 4.69) is 10.2 Å². The Hall–Kier alpha value is -0.360. The molecule has 0 aliphatic carbocycles. The van der Waals surface area contributed by atoms with Crippen molar-refractivity contribution in [3.8, 4) is 0 Å². The van der Waals surface area contributed by atoms with Gasteiger partial charge in [0.1, 0.15) is 5.82 Å². The topological polar surface area (TPSA) is 15.3 Å². The van der Waals surface area contributed by atoms with Crippen molar-refractivity contribution in [2.24, 2.45) is 0 Å². The van der Waals surface area contributed by atoms with E-state index in [0.717, 1.165) is 41.0 Å². The van der Waals surface area contributed by atoms with Gasteiger partial charge in [0.15, 0.2) is 0 Å². The predicted octanol–water partition coefficient (Wildman–Crippen LogP) is 4.61. The molecule has 0 saturated carbocycles. The number of piperazine rings is 1. The highest BCUT2D eigenvalue weighted by atomic mass is 35.5. The summed E-state index contributed by atoms with van der Waals surface area (Å²) in [4.78, 5) is 3.41. The zero-order chi connectivity index (χ0) is 14.8. The fraction of sp³-hybridized carbons (Fsp3) is 0.333. The maximum absolute atomic E-state index is 13.8. The molecule has 22 heavy (non-hydrogen) atoms. The van der Waals surface area contributed by atoms with Crippen LogP contribution in [0.25, 0.3) is 0 Å². The fourth-order valence-electron chi connectivity index (χ4n) is 2.68. The molecule has 0 amide bonds. The Balaban J connectivity index is 0.00000176. The summed E-state index contributed by atoms with van der Waals surface area (Å²) in [5.41, 5.74) is 0.803. The third kappa shape index (κ3) is 3.75. The number of rotatable bonds is 3. The van der Waals surface area contributed by atoms with Crippen molar-refractivity contribution in [3.63, 3.8) is 0 Å². The Morgan fingerprint density at radius 3 is 2.50 bits per heavy atom. The van der Waals surface area contributed by atoms with Gasteiger partial charge in [-0.2, -0.15) is 0 Å². The van der Waals surface area contributed by atoms with Crippen LogP contribution >= 0.6 is 46.9 Å². The average molecular weight is 382 g/mol. The van der Waals surface area contributed by atoms with Crippen LogP contribution in [0, 0.1) is 5.82 Å². The van der Waals surface area contributed by atoms with Gasteiger partial charge in [-0.1, -0.05) is 35.3 Å². The molecule has 0 unspecified atom stereocenters. The van der Waals surface area contributed by atoms with E-state index < -0.39 is 0 Å². The van der Waals surface area contributed by atoms with Crippen LogP contribution in [-0.2, 0) is 0 Å². The van der Waals surface area contributed by atoms with Gasteiger partial charge in [0.2, 0.25) is 0 Å². The Labute approximate surface area is 149 Å². The molecule has 3 rings (SSSR count). The maximum Gasteiger partial charge on any atom is 0.142 e. The van der Waals surface area contributed by atoms with Gasteiger partial charge < -0.3 is 5.32 Å². The summed E-state index contributed by atoms with van der Waals surface area (Å²) in [7, 11) is 0. The van der Waals surface area contributed by atoms with Crippen molar-refractivity contribution in [2.45, 2.75) is 6.04 Å². The van der Waals surface area contributed by atoms with Crippen LogP contribution in [0.3, 0.4) is 0 Å². The van der Waals surface area contributed by atoms with E-state index in [-0.39, 0.29) is 29.3 Å². The average Bonchev–Trinajstić information content (AvgIpc) is 2.91. The van der Waals surface area contributed by atoms with Gasteiger partial charge in [0, 0.05) is 31.1 Å². The smallest absolute Gasteiger partial charge is 0.142 e. The van der Waals surface area contributed by atoms with Gasteiger partial charge in [0.05, 0.1) is 15.4 Å². The molecule has 0 spiro atoms. The summed E-state index contributed by atoms with van der Waals surface area (Å²) >= 11 is 13.8. The highest BCUT2D eigenvalue weighted by molar-refractivity contribution is 7.16. The number of thiophene rings is 1. The molecule has 1 fully saturated rings. The second-order valence-corrected chi connectivity index (χ2v) is 7.10. The number of hydrogen-bond donors (Lipinski definition) is 1. The van der Waals surface area contributed by atoms with Crippen LogP contribution < -0.4 is 5.32 Å². The lowest BCUT2D eigenvalue weighted by molar-refractivity contribution is 0.200. The molecule has 1 atom stereocenters. The van der Waals surface area contributed by atoms with E-state index in [9.17, 15) is 4.39 Å². The van der Waals surface area contributed by atoms with E-state index in [1.807, 2.05) is 18.2 Å². The molecule has 1 saturated heterocycles. The molecule has 1 N–H and O–H groups in total. The highest BCUT2D eigenvalue weighted by Crippen LogP contribution is 2.38. The monoisotopic (exact) mass is 380 g/mol. The Morgan fingerprint density at radius 1 is 1.14 bits per heavy atom. The number of nitrogens with one attached hydrogen (secondary N) is 1. The third-order valence-electron chi connectivity index (χ3n) is 3.66. The van der Waals surface area contributed by atoms with E-state index in [1.54, 1.807) is 6.07 Å². The summed E-state index contributed by atoms with van der Waals surface area (Å²) in [6.07, 6.45) is 0. The van der Waals surface area contributed by atoms with Crippen molar-refractivity contribution in [2.75, 3.05) is 26.2 Å². The number of nitrogens with zero attached hydrogens (tertiary/aromatic N) is 1. The van der Waals surface area contributed by atoms with E-state index >= 15 is 0 Å². The maximum atomic E-state index is 13.8. The molecule has 2 aromatic rings. The summed E-state index contributed by atoms with van der Waals surface area (Å²) < 4.78 is 14.6. The SMILES string of the molecule is Cl.Fc1cccc([C@@H](c2ccc(Cl)s2)N2CCNCC2)c1Cl. The molecule has 1 aromatic heterocycles. The molecule has 0 bridgehead atoms. The van der Waals surface area contributed by atoms with Gasteiger partial charge in [-0.3, -0.25) is 4.90 Å². The van der Waals surface area contributed by atoms with Gasteiger partial charge in [0.25, 0.3) is 0 Å². The zero-order valence-corrected chi connectivity index (χ0v) is 14.8. The predicted molar refractivity (Wildman–Crippen MR) is 94.3 cm³/mol. The number of hydrogen-bond acceptors (Lipinski definition) is 3. The van der Waals surface area contributed by atoms with Crippen LogP contribution in [-0.4, -0.2) is 31.1 Å². The summed E-state index contributed by atoms with van der Waals surface area (Å²) in [6, 6.07) is 8.83. The lowest BCUT2D eigenvalue weighted by atomic mass is 10.0. The largest absolute Gasteiger partial charge is 0.314 e. The van der Waals surface area contributed by atoms with Crippen molar-refractivity contribution in [3.05, 3.63) is 55.9 Å². The first kappa shape index (κ1) is 18.0. The van der Waals surface area contributed by atoms with E-state index in [4.69, 9.17) is 23.2 Å². The van der Waals surface area contributed by atoms with E-state index in [0.29, 0.717) is 0 Å². The van der Waals surface area contributed by atoms with Gasteiger partial charge in [-0.05, 0) is 23.8 Å². The van der Waals surface area contributed by atoms with Crippen molar-refractivity contribution in [1.82, 2.24) is 10.2 Å². The van der Waals surface area contributed by atoms with Gasteiger partial charge >= 0.3 is 0 Å². The molecular formula is C15H16Cl3FN2S. The normalized spacial score (nSPS) is 17.0.